The van der Waals surface area contributed by atoms with E-state index in [-0.39, 0.29) is 79.0 Å². The molecule has 4 aromatic heterocycles. The molecule has 4 aromatic carbocycles. The van der Waals surface area contributed by atoms with Crippen molar-refractivity contribution in [3.8, 4) is 44.4 Å². The number of rotatable bonds is 27. The van der Waals surface area contributed by atoms with E-state index in [1.54, 1.807) is 63.6 Å². The second kappa shape index (κ2) is 33.4. The average molecular weight is 1590 g/mol. The number of hydrogen-bond acceptors (Lipinski definition) is 24. The summed E-state index contributed by atoms with van der Waals surface area (Å²) in [4.78, 5) is 130. The Labute approximate surface area is 664 Å². The van der Waals surface area contributed by atoms with Crippen molar-refractivity contribution in [2.24, 2.45) is 22.7 Å². The van der Waals surface area contributed by atoms with E-state index in [4.69, 9.17) is 48.4 Å². The summed E-state index contributed by atoms with van der Waals surface area (Å²) in [7, 11) is 4.49. The summed E-state index contributed by atoms with van der Waals surface area (Å²) >= 11 is 2.97. The van der Waals surface area contributed by atoms with E-state index >= 15 is 0 Å². The number of methoxy groups -OCH3 is 3. The molecule has 0 radical (unpaired) electrons. The molecule has 4 aliphatic rings. The number of hydrogen-bond donors (Lipinski definition) is 4. The lowest BCUT2D eigenvalue weighted by Gasteiger charge is -2.36. The van der Waals surface area contributed by atoms with Gasteiger partial charge in [0.1, 0.15) is 103 Å². The summed E-state index contributed by atoms with van der Waals surface area (Å²) in [6.45, 7) is 30.9. The van der Waals surface area contributed by atoms with Crippen LogP contribution in [0.25, 0.3) is 43.2 Å². The number of fused-ring (bicyclic) bond motifs is 2. The zero-order chi connectivity index (χ0) is 82.1. The summed E-state index contributed by atoms with van der Waals surface area (Å²) in [6, 6.07) is 19.3. The minimum atomic E-state index is -1.30. The lowest BCUT2D eigenvalue weighted by atomic mass is 9.85. The van der Waals surface area contributed by atoms with Gasteiger partial charge in [-0.15, -0.1) is 29.3 Å². The molecule has 113 heavy (non-hydrogen) atoms. The smallest absolute Gasteiger partial charge is 0.332 e. The maximum Gasteiger partial charge on any atom is 0.332 e. The molecule has 4 fully saturated rings. The van der Waals surface area contributed by atoms with Crippen molar-refractivity contribution in [2.45, 2.75) is 188 Å². The molecule has 12 rings (SSSR count). The van der Waals surface area contributed by atoms with Crippen LogP contribution in [0.3, 0.4) is 0 Å². The van der Waals surface area contributed by atoms with Crippen molar-refractivity contribution < 1.29 is 67.0 Å². The highest BCUT2D eigenvalue weighted by Crippen LogP contribution is 2.49. The van der Waals surface area contributed by atoms with Gasteiger partial charge in [-0.25, -0.2) is 29.5 Å². The van der Waals surface area contributed by atoms with Crippen molar-refractivity contribution in [3.05, 3.63) is 151 Å². The lowest BCUT2D eigenvalue weighted by Crippen LogP contribution is -2.57. The number of ether oxygens (including phenoxy) is 6. The van der Waals surface area contributed by atoms with Crippen LogP contribution in [-0.2, 0) is 38.2 Å². The molecule has 28 nitrogen and oxygen atoms in total. The molecule has 2 saturated carbocycles. The Hall–Kier alpha value is -10.9. The van der Waals surface area contributed by atoms with Crippen LogP contribution in [0.4, 0.5) is 22.7 Å². The molecule has 4 amide bonds. The first kappa shape index (κ1) is 83.1. The minimum absolute atomic E-state index is 0.00237. The number of likely N-dealkylation sites (tertiary alicyclic amines) is 2. The van der Waals surface area contributed by atoms with Crippen LogP contribution in [0.15, 0.2) is 108 Å². The number of carbonyl (C=O) groups excluding carboxylic acids is 6. The number of aromatic nitrogens is 4. The third-order valence-electron chi connectivity index (χ3n) is 21.5. The van der Waals surface area contributed by atoms with Crippen LogP contribution in [0.5, 0.6) is 23.0 Å². The molecular formula is C83H100N12O16S2. The van der Waals surface area contributed by atoms with Crippen LogP contribution >= 0.6 is 22.7 Å². The monoisotopic (exact) mass is 1580 g/mol. The fourth-order valence-corrected chi connectivity index (χ4v) is 16.7. The number of benzene rings is 4. The highest BCUT2D eigenvalue weighted by atomic mass is 32.1. The number of nitro groups is 2. The van der Waals surface area contributed by atoms with E-state index in [0.29, 0.717) is 75.1 Å². The number of carbonyl (C=O) groups is 6. The fourth-order valence-electron chi connectivity index (χ4n) is 14.8. The van der Waals surface area contributed by atoms with E-state index in [1.807, 2.05) is 109 Å². The molecular weight excluding hydrogens is 1490 g/mol. The van der Waals surface area contributed by atoms with Crippen LogP contribution < -0.4 is 40.2 Å². The van der Waals surface area contributed by atoms with Gasteiger partial charge in [0.25, 0.3) is 11.4 Å². The number of thiazole rings is 2. The van der Waals surface area contributed by atoms with Gasteiger partial charge in [-0.3, -0.25) is 39.4 Å². The van der Waals surface area contributed by atoms with Crippen molar-refractivity contribution in [1.29, 1.82) is 0 Å². The fraction of sp³-hybridized carbons (Fsp3) is 0.470. The minimum Gasteiger partial charge on any atom is -0.496 e. The molecule has 0 spiro atoms. The predicted octanol–water partition coefficient (Wildman–Crippen LogP) is 14.2. The number of anilines is 2. The summed E-state index contributed by atoms with van der Waals surface area (Å²) < 4.78 is 35.3. The molecule has 0 bridgehead atoms. The summed E-state index contributed by atoms with van der Waals surface area (Å²) in [5.74, 6) is -0.754. The Morgan fingerprint density at radius 1 is 0.611 bits per heavy atom. The molecule has 2 aliphatic heterocycles. The van der Waals surface area contributed by atoms with E-state index in [0.717, 1.165) is 32.9 Å². The average Bonchev–Trinajstić information content (AvgIpc) is 1.58. The first-order valence-corrected chi connectivity index (χ1v) is 39.7. The molecule has 8 aromatic rings. The molecule has 2 saturated heterocycles. The Morgan fingerprint density at radius 3 is 1.38 bits per heavy atom. The summed E-state index contributed by atoms with van der Waals surface area (Å²) in [5, 5.41) is 43.0. The Balaban J connectivity index is 0.000000223. The molecule has 10 atom stereocenters. The van der Waals surface area contributed by atoms with Crippen LogP contribution in [0.2, 0.25) is 0 Å². The quantitative estimate of drug-likeness (QED) is 0.0161. The Morgan fingerprint density at radius 2 is 1.04 bits per heavy atom. The van der Waals surface area contributed by atoms with Gasteiger partial charge in [0.2, 0.25) is 23.6 Å². The van der Waals surface area contributed by atoms with Crippen molar-refractivity contribution in [1.82, 2.24) is 40.4 Å². The van der Waals surface area contributed by atoms with Gasteiger partial charge in [0.15, 0.2) is 0 Å². The molecule has 2 aliphatic carbocycles. The SMILES string of the molecule is C=C[C@@H]1C[C@]1(NC(=O)[C@@H]1C[C@@H](Oc2cc(-c3nc(C(C)C)cs3)nc3c(C)c(OC)ccc23)CN1C(=O)[C@@H](Nc1ccccc1[N+](=O)[O-])C(C)(C)C)C(=O)OCC.CC[C@@H]1C[C@]1(NC(=O)[C@@H]1C[C@@H](Oc2cc(-c3nc(C(C)C)cs3)nc3c(C)c(OC)ccc23)CN1C(=O)[C@@H](Nc1ccccc1[N+](=O)[O-])C(C)(C)C)C(=O)OC. The third kappa shape index (κ3) is 17.2. The van der Waals surface area contributed by atoms with Gasteiger partial charge in [0.05, 0.1) is 73.3 Å². The number of para-hydroxylation sites is 4. The van der Waals surface area contributed by atoms with Crippen molar-refractivity contribution in [3.63, 3.8) is 0 Å². The first-order chi connectivity index (χ1) is 53.5. The molecule has 4 N–H and O–H groups in total. The van der Waals surface area contributed by atoms with Gasteiger partial charge in [0, 0.05) is 75.7 Å². The number of nitrogens with zero attached hydrogens (tertiary/aromatic N) is 8. The molecule has 30 heteroatoms. The van der Waals surface area contributed by atoms with Gasteiger partial charge in [-0.2, -0.15) is 0 Å². The second-order valence-corrected chi connectivity index (χ2v) is 33.7. The number of amides is 4. The Kier molecular flexibility index (Phi) is 24.6. The van der Waals surface area contributed by atoms with Crippen molar-refractivity contribution >= 4 is 103 Å². The zero-order valence-electron chi connectivity index (χ0n) is 66.9. The first-order valence-electron chi connectivity index (χ1n) is 37.9. The van der Waals surface area contributed by atoms with E-state index in [9.17, 15) is 49.0 Å². The van der Waals surface area contributed by atoms with Gasteiger partial charge in [-0.05, 0) is 98.6 Å². The zero-order valence-corrected chi connectivity index (χ0v) is 68.5. The topological polar surface area (TPSA) is 350 Å². The number of pyridine rings is 2. The van der Waals surface area contributed by atoms with Crippen LogP contribution in [0, 0.1) is 56.7 Å². The predicted molar refractivity (Wildman–Crippen MR) is 433 cm³/mol. The van der Waals surface area contributed by atoms with Gasteiger partial charge >= 0.3 is 11.9 Å². The summed E-state index contributed by atoms with van der Waals surface area (Å²) in [6.07, 6.45) is 1.85. The number of aryl methyl sites for hydroxylation is 2. The number of nitro benzene ring substituents is 2. The highest BCUT2D eigenvalue weighted by Gasteiger charge is 2.64. The lowest BCUT2D eigenvalue weighted by molar-refractivity contribution is -0.384. The van der Waals surface area contributed by atoms with Crippen LogP contribution in [0.1, 0.15) is 150 Å². The van der Waals surface area contributed by atoms with Gasteiger partial charge < -0.3 is 59.5 Å². The van der Waals surface area contributed by atoms with Crippen LogP contribution in [-0.4, -0.2) is 164 Å². The normalized spacial score (nSPS) is 21.0. The molecule has 6 heterocycles. The molecule has 0 unspecified atom stereocenters. The van der Waals surface area contributed by atoms with Gasteiger partial charge in [-0.1, -0.05) is 113 Å². The number of nitrogens with one attached hydrogen (secondary N) is 4. The highest BCUT2D eigenvalue weighted by molar-refractivity contribution is 7.13. The van der Waals surface area contributed by atoms with E-state index < -0.39 is 104 Å². The third-order valence-corrected chi connectivity index (χ3v) is 23.3. The standard InChI is InChI=1S/C42H50N6O8S.C41H50N6O8S/c1-10-25-20-42(25,40(51)55-11-2)46-37(49)32-18-26(21-47(32)39(50)36(41(6,7)8)44-28-14-12-13-15-31(28)48(52)53)56-34-19-29(38-45-30(22-57-38)23(3)4)43-35-24(5)33(54-9)17-16-27(34)35;1-10-24-19-41(24,39(50)54-9)45-36(48)31-17-25(20-46(31)38(49)35(40(5,6)7)43-27-13-11-12-14-30(27)47(51)52)55-33-18-28(37-44-29(21-56-37)22(2)3)42-34-23(4)32(53-8)16-15-26(33)34/h10,12-17,19,22-23,25-26,32,36,44H,1,11,18,20-21H2,2-9H3,(H,46,49);11-16,18,21-22,24-25,31,35,43H,10,17,19-20H2,1-9H3,(H,45,48)/t25-,26-,32+,36-,42-;24-,25-,31+,35-,41-/m11/s1. The number of esters is 2. The van der Waals surface area contributed by atoms with Crippen molar-refractivity contribution in [2.75, 3.05) is 51.7 Å². The van der Waals surface area contributed by atoms with E-state index in [1.165, 1.54) is 51.7 Å². The maximum atomic E-state index is 14.9. The Bertz CT molecular complexity index is 4990. The second-order valence-electron chi connectivity index (χ2n) is 31.9. The van der Waals surface area contributed by atoms with E-state index in [2.05, 4.69) is 55.5 Å². The maximum absolute atomic E-state index is 14.9. The molecule has 600 valence electrons. The largest absolute Gasteiger partial charge is 0.496 e. The summed E-state index contributed by atoms with van der Waals surface area (Å²) in [5.41, 5.74) is 2.01.